The zero-order chi connectivity index (χ0) is 18.5. The summed E-state index contributed by atoms with van der Waals surface area (Å²) in [5.41, 5.74) is 2.01. The van der Waals surface area contributed by atoms with Gasteiger partial charge in [-0.3, -0.25) is 9.69 Å². The van der Waals surface area contributed by atoms with Gasteiger partial charge < -0.3 is 9.30 Å². The van der Waals surface area contributed by atoms with E-state index in [2.05, 4.69) is 34.7 Å². The molecule has 3 heterocycles. The number of carbonyl (C=O) groups is 1. The number of terminal acetylenes is 1. The SMILES string of the molecule is C#CCN1C(=O)COc2cc(F)c(N=c3scc4n3CC(C)(C)C4)cc21. The van der Waals surface area contributed by atoms with Crippen LogP contribution in [0.5, 0.6) is 5.75 Å². The smallest absolute Gasteiger partial charge is 0.265 e. The Hall–Kier alpha value is -2.59. The van der Waals surface area contributed by atoms with Crippen LogP contribution in [0, 0.1) is 23.6 Å². The molecule has 0 aliphatic carbocycles. The van der Waals surface area contributed by atoms with E-state index >= 15 is 0 Å². The highest BCUT2D eigenvalue weighted by Crippen LogP contribution is 2.37. The first kappa shape index (κ1) is 16.9. The fraction of sp³-hybridized carbons (Fsp3) is 0.368. The van der Waals surface area contributed by atoms with Crippen LogP contribution in [0.4, 0.5) is 15.8 Å². The number of thiazole rings is 1. The molecule has 0 spiro atoms. The summed E-state index contributed by atoms with van der Waals surface area (Å²) in [5.74, 6) is 2.03. The zero-order valence-corrected chi connectivity index (χ0v) is 15.4. The molecule has 2 aliphatic rings. The molecule has 0 saturated carbocycles. The summed E-state index contributed by atoms with van der Waals surface area (Å²) in [6.45, 7) is 5.22. The van der Waals surface area contributed by atoms with Crippen molar-refractivity contribution < 1.29 is 13.9 Å². The van der Waals surface area contributed by atoms with Crippen molar-refractivity contribution in [1.82, 2.24) is 4.57 Å². The highest BCUT2D eigenvalue weighted by molar-refractivity contribution is 7.07. The lowest BCUT2D eigenvalue weighted by atomic mass is 9.92. The van der Waals surface area contributed by atoms with Crippen molar-refractivity contribution in [1.29, 1.82) is 0 Å². The Kier molecular flexibility index (Phi) is 3.88. The van der Waals surface area contributed by atoms with Gasteiger partial charge in [0.2, 0.25) is 0 Å². The second-order valence-electron chi connectivity index (χ2n) is 7.29. The van der Waals surface area contributed by atoms with Crippen LogP contribution in [0.15, 0.2) is 22.5 Å². The molecule has 0 saturated heterocycles. The number of carbonyl (C=O) groups excluding carboxylic acids is 1. The van der Waals surface area contributed by atoms with Gasteiger partial charge in [0.05, 0.1) is 12.2 Å². The number of rotatable bonds is 2. The molecule has 0 unspecified atom stereocenters. The van der Waals surface area contributed by atoms with Gasteiger partial charge in [-0.25, -0.2) is 9.38 Å². The quantitative estimate of drug-likeness (QED) is 0.762. The Bertz CT molecular complexity index is 1010. The zero-order valence-electron chi connectivity index (χ0n) is 14.6. The molecule has 0 fully saturated rings. The third kappa shape index (κ3) is 2.80. The van der Waals surface area contributed by atoms with E-state index in [-0.39, 0.29) is 30.2 Å². The number of aromatic nitrogens is 1. The van der Waals surface area contributed by atoms with Crippen LogP contribution < -0.4 is 14.4 Å². The lowest BCUT2D eigenvalue weighted by Crippen LogP contribution is -2.39. The van der Waals surface area contributed by atoms with Crippen molar-refractivity contribution in [2.75, 3.05) is 18.1 Å². The highest BCUT2D eigenvalue weighted by Gasteiger charge is 2.30. The number of benzene rings is 1. The third-order valence-electron chi connectivity index (χ3n) is 4.56. The first-order chi connectivity index (χ1) is 12.4. The molecule has 4 rings (SSSR count). The summed E-state index contributed by atoms with van der Waals surface area (Å²) >= 11 is 1.49. The summed E-state index contributed by atoms with van der Waals surface area (Å²) < 4.78 is 22.0. The maximum atomic E-state index is 14.6. The second kappa shape index (κ2) is 5.99. The third-order valence-corrected chi connectivity index (χ3v) is 5.47. The van der Waals surface area contributed by atoms with E-state index in [1.54, 1.807) is 0 Å². The molecular formula is C19H18FN3O2S. The van der Waals surface area contributed by atoms with Crippen molar-refractivity contribution in [2.24, 2.45) is 10.4 Å². The van der Waals surface area contributed by atoms with Crippen LogP contribution >= 0.6 is 11.3 Å². The minimum atomic E-state index is -0.487. The number of amides is 1. The van der Waals surface area contributed by atoms with E-state index in [9.17, 15) is 9.18 Å². The van der Waals surface area contributed by atoms with Gasteiger partial charge in [-0.2, -0.15) is 0 Å². The van der Waals surface area contributed by atoms with Crippen molar-refractivity contribution in [3.05, 3.63) is 33.8 Å². The van der Waals surface area contributed by atoms with E-state index in [1.165, 1.54) is 34.1 Å². The van der Waals surface area contributed by atoms with Gasteiger partial charge >= 0.3 is 0 Å². The van der Waals surface area contributed by atoms with E-state index in [0.717, 1.165) is 17.8 Å². The van der Waals surface area contributed by atoms with Gasteiger partial charge in [-0.05, 0) is 17.9 Å². The van der Waals surface area contributed by atoms with Gasteiger partial charge in [-0.1, -0.05) is 19.8 Å². The molecule has 0 bridgehead atoms. The fourth-order valence-electron chi connectivity index (χ4n) is 3.40. The van der Waals surface area contributed by atoms with Crippen LogP contribution in [0.2, 0.25) is 0 Å². The molecule has 0 radical (unpaired) electrons. The lowest BCUT2D eigenvalue weighted by Gasteiger charge is -2.28. The molecule has 1 aromatic carbocycles. The largest absolute Gasteiger partial charge is 0.481 e. The Morgan fingerprint density at radius 2 is 2.27 bits per heavy atom. The molecule has 5 nitrogen and oxygen atoms in total. The number of halogens is 1. The number of hydrogen-bond acceptors (Lipinski definition) is 4. The van der Waals surface area contributed by atoms with Gasteiger partial charge in [0.1, 0.15) is 11.4 Å². The van der Waals surface area contributed by atoms with E-state index in [4.69, 9.17) is 11.2 Å². The van der Waals surface area contributed by atoms with Crippen molar-refractivity contribution in [3.63, 3.8) is 0 Å². The van der Waals surface area contributed by atoms with E-state index in [1.807, 2.05) is 0 Å². The maximum Gasteiger partial charge on any atom is 0.265 e. The molecule has 1 aromatic heterocycles. The average molecular weight is 371 g/mol. The molecule has 7 heteroatoms. The Balaban J connectivity index is 1.80. The highest BCUT2D eigenvalue weighted by atomic mass is 32.1. The van der Waals surface area contributed by atoms with Gasteiger partial charge in [0.25, 0.3) is 5.91 Å². The molecular weight excluding hydrogens is 353 g/mol. The number of anilines is 1. The number of nitrogens with zero attached hydrogens (tertiary/aromatic N) is 3. The number of hydrogen-bond donors (Lipinski definition) is 0. The number of fused-ring (bicyclic) bond motifs is 2. The second-order valence-corrected chi connectivity index (χ2v) is 8.13. The van der Waals surface area contributed by atoms with Crippen LogP contribution in [0.3, 0.4) is 0 Å². The topological polar surface area (TPSA) is 46.8 Å². The maximum absolute atomic E-state index is 14.6. The van der Waals surface area contributed by atoms with Gasteiger partial charge in [0.15, 0.2) is 17.2 Å². The number of ether oxygens (including phenoxy) is 1. The van der Waals surface area contributed by atoms with E-state index in [0.29, 0.717) is 11.4 Å². The Morgan fingerprint density at radius 1 is 1.46 bits per heavy atom. The average Bonchev–Trinajstić information content (AvgIpc) is 3.07. The summed E-state index contributed by atoms with van der Waals surface area (Å²) in [5, 5.41) is 2.07. The standard InChI is InChI=1S/C19H18FN3O2S/c1-4-5-22-15-7-14(13(20)6-16(15)25-9-17(22)24)21-18-23-11-19(2,3)8-12(23)10-26-18/h1,6-7,10H,5,8-9,11H2,2-3H3. The normalized spacial score (nSPS) is 18.3. The molecule has 2 aliphatic heterocycles. The predicted molar refractivity (Wildman–Crippen MR) is 98.1 cm³/mol. The molecule has 26 heavy (non-hydrogen) atoms. The lowest BCUT2D eigenvalue weighted by molar-refractivity contribution is -0.121. The molecule has 0 N–H and O–H groups in total. The van der Waals surface area contributed by atoms with Crippen molar-refractivity contribution in [3.8, 4) is 18.1 Å². The van der Waals surface area contributed by atoms with E-state index < -0.39 is 5.82 Å². The Morgan fingerprint density at radius 3 is 3.04 bits per heavy atom. The van der Waals surface area contributed by atoms with Crippen LogP contribution in [0.25, 0.3) is 0 Å². The predicted octanol–water partition coefficient (Wildman–Crippen LogP) is 2.86. The molecule has 0 atom stereocenters. The van der Waals surface area contributed by atoms with Crippen molar-refractivity contribution in [2.45, 2.75) is 26.8 Å². The molecule has 2 aromatic rings. The Labute approximate surface area is 154 Å². The first-order valence-corrected chi connectivity index (χ1v) is 9.18. The first-order valence-electron chi connectivity index (χ1n) is 8.30. The minimum Gasteiger partial charge on any atom is -0.481 e. The van der Waals surface area contributed by atoms with Gasteiger partial charge in [-0.15, -0.1) is 17.8 Å². The van der Waals surface area contributed by atoms with Crippen molar-refractivity contribution >= 4 is 28.6 Å². The summed E-state index contributed by atoms with van der Waals surface area (Å²) in [4.78, 5) is 18.8. The van der Waals surface area contributed by atoms with Crippen LogP contribution in [0.1, 0.15) is 19.5 Å². The van der Waals surface area contributed by atoms with Gasteiger partial charge in [0, 0.05) is 23.7 Å². The summed E-state index contributed by atoms with van der Waals surface area (Å²) in [6.07, 6.45) is 6.34. The van der Waals surface area contributed by atoms with Crippen LogP contribution in [-0.2, 0) is 17.8 Å². The van der Waals surface area contributed by atoms with Crippen LogP contribution in [-0.4, -0.2) is 23.6 Å². The summed E-state index contributed by atoms with van der Waals surface area (Å²) in [6, 6.07) is 2.80. The monoisotopic (exact) mass is 371 g/mol. The fourth-order valence-corrected chi connectivity index (χ4v) is 4.31. The minimum absolute atomic E-state index is 0.109. The molecule has 1 amide bonds. The summed E-state index contributed by atoms with van der Waals surface area (Å²) in [7, 11) is 0. The molecule has 134 valence electrons.